The number of phenols is 2. The number of aromatic nitrogens is 2. The largest absolute Gasteiger partial charge is 0.506 e. The smallest absolute Gasteiger partial charge is 0.271 e. The number of fused-ring (bicyclic) bond motifs is 8. The lowest BCUT2D eigenvalue weighted by Gasteiger charge is -2.12. The topological polar surface area (TPSA) is 206 Å². The van der Waals surface area contributed by atoms with E-state index >= 15 is 0 Å². The van der Waals surface area contributed by atoms with E-state index in [-0.39, 0.29) is 46.5 Å². The molecule has 0 saturated heterocycles. The van der Waals surface area contributed by atoms with Gasteiger partial charge in [0.25, 0.3) is 11.2 Å². The lowest BCUT2D eigenvalue weighted by Crippen LogP contribution is -2.13. The molecule has 0 atom stereocenters. The Balaban J connectivity index is 0.871. The van der Waals surface area contributed by atoms with E-state index in [9.17, 15) is 29.9 Å². The third-order valence-corrected chi connectivity index (χ3v) is 11.2. The maximum absolute atomic E-state index is 13.9. The Kier molecular flexibility index (Phi) is 8.45. The number of phenolic OH excluding ortho intramolecular Hbond substituents is 2. The zero-order chi connectivity index (χ0) is 42.9. The number of nitrogens with zero attached hydrogens (tertiary/aromatic N) is 7. The van der Waals surface area contributed by atoms with Crippen LogP contribution in [0.25, 0.3) is 60.1 Å². The Bertz CT molecular complexity index is 3730. The van der Waals surface area contributed by atoms with Gasteiger partial charge in [0.1, 0.15) is 35.1 Å². The number of azo groups is 2. The zero-order valence-electron chi connectivity index (χ0n) is 32.6. The molecule has 0 saturated carbocycles. The van der Waals surface area contributed by atoms with Gasteiger partial charge >= 0.3 is 0 Å². The molecule has 1 aliphatic rings. The highest BCUT2D eigenvalue weighted by Crippen LogP contribution is 2.45. The third-order valence-electron chi connectivity index (χ3n) is 11.2. The maximum atomic E-state index is 13.9. The van der Waals surface area contributed by atoms with E-state index in [1.165, 1.54) is 18.2 Å². The Morgan fingerprint density at radius 2 is 1.35 bits per heavy atom. The van der Waals surface area contributed by atoms with Crippen molar-refractivity contribution in [3.63, 3.8) is 0 Å². The number of imidazole rings is 1. The van der Waals surface area contributed by atoms with Gasteiger partial charge in [-0.05, 0) is 77.2 Å². The number of nitrogens with one attached hydrogen (secondary N) is 1. The Hall–Kier alpha value is -8.95. The molecule has 3 N–H and O–H groups in total. The van der Waals surface area contributed by atoms with Gasteiger partial charge in [-0.2, -0.15) is 10.2 Å². The first-order valence-corrected chi connectivity index (χ1v) is 19.6. The Morgan fingerprint density at radius 1 is 0.667 bits per heavy atom. The maximum Gasteiger partial charge on any atom is 0.271 e. The SMILES string of the molecule is O=C1c2cc(N=Nc3c(O)c(CONc4cccc([N+](=O)[O-])c4)cc4ccccc34)ccc2-c2ccc(N=Nc3c(O)cc4c5c3cccc5c(=O)n3c5ccccc5nc43)cc21. The minimum atomic E-state index is -0.506. The van der Waals surface area contributed by atoms with Crippen molar-refractivity contribution < 1.29 is 24.8 Å². The van der Waals surface area contributed by atoms with Crippen LogP contribution in [0.15, 0.2) is 165 Å². The second-order valence-electron chi connectivity index (χ2n) is 14.9. The van der Waals surface area contributed by atoms with Crippen LogP contribution in [0.1, 0.15) is 21.5 Å². The molecule has 302 valence electrons. The zero-order valence-corrected chi connectivity index (χ0v) is 32.6. The first kappa shape index (κ1) is 37.1. The molecule has 0 unspecified atom stereocenters. The number of nitro groups is 1. The van der Waals surface area contributed by atoms with Crippen LogP contribution in [-0.2, 0) is 11.4 Å². The van der Waals surface area contributed by atoms with Crippen LogP contribution in [0.4, 0.5) is 34.1 Å². The number of nitro benzene ring substituents is 1. The van der Waals surface area contributed by atoms with Gasteiger partial charge in [0.15, 0.2) is 5.78 Å². The summed E-state index contributed by atoms with van der Waals surface area (Å²) < 4.78 is 1.56. The van der Waals surface area contributed by atoms with E-state index in [0.717, 1.165) is 5.39 Å². The fourth-order valence-corrected chi connectivity index (χ4v) is 8.31. The summed E-state index contributed by atoms with van der Waals surface area (Å²) in [5, 5.41) is 55.2. The lowest BCUT2D eigenvalue weighted by molar-refractivity contribution is -0.384. The highest BCUT2D eigenvalue weighted by molar-refractivity contribution is 6.22. The number of para-hydroxylation sites is 2. The first-order chi connectivity index (χ1) is 30.7. The van der Waals surface area contributed by atoms with Crippen LogP contribution >= 0.6 is 0 Å². The number of rotatable bonds is 9. The summed E-state index contributed by atoms with van der Waals surface area (Å²) >= 11 is 0. The number of benzene rings is 8. The van der Waals surface area contributed by atoms with Crippen molar-refractivity contribution in [1.82, 2.24) is 9.38 Å². The highest BCUT2D eigenvalue weighted by Gasteiger charge is 2.28. The average Bonchev–Trinajstić information content (AvgIpc) is 3.83. The molecule has 15 nitrogen and oxygen atoms in total. The minimum absolute atomic E-state index is 0.101. The molecule has 15 heteroatoms. The fraction of sp³-hybridized carbons (Fsp3) is 0.0208. The fourth-order valence-electron chi connectivity index (χ4n) is 8.31. The third kappa shape index (κ3) is 6.06. The van der Waals surface area contributed by atoms with Crippen molar-refractivity contribution in [3.05, 3.63) is 177 Å². The quantitative estimate of drug-likeness (QED) is 0.0717. The Morgan fingerprint density at radius 3 is 2.13 bits per heavy atom. The van der Waals surface area contributed by atoms with Crippen LogP contribution in [0.5, 0.6) is 11.5 Å². The summed E-state index contributed by atoms with van der Waals surface area (Å²) in [6.45, 7) is -0.105. The summed E-state index contributed by atoms with van der Waals surface area (Å²) in [4.78, 5) is 48.7. The lowest BCUT2D eigenvalue weighted by atomic mass is 10.0. The Labute approximate surface area is 354 Å². The molecule has 0 bridgehead atoms. The van der Waals surface area contributed by atoms with E-state index in [2.05, 4.69) is 25.9 Å². The van der Waals surface area contributed by atoms with E-state index in [1.54, 1.807) is 83.3 Å². The number of non-ortho nitro benzene ring substituents is 1. The van der Waals surface area contributed by atoms with Crippen LogP contribution in [0, 0.1) is 10.1 Å². The van der Waals surface area contributed by atoms with Gasteiger partial charge in [0, 0.05) is 55.8 Å². The molecule has 8 aromatic carbocycles. The van der Waals surface area contributed by atoms with Crippen molar-refractivity contribution in [2.75, 3.05) is 5.48 Å². The van der Waals surface area contributed by atoms with E-state index in [0.29, 0.717) is 88.5 Å². The number of ketones is 1. The van der Waals surface area contributed by atoms with E-state index in [1.807, 2.05) is 42.5 Å². The van der Waals surface area contributed by atoms with Crippen molar-refractivity contribution in [3.8, 4) is 22.6 Å². The minimum Gasteiger partial charge on any atom is -0.506 e. The first-order valence-electron chi connectivity index (χ1n) is 19.6. The number of pyridine rings is 1. The molecule has 1 aliphatic carbocycles. The van der Waals surface area contributed by atoms with Gasteiger partial charge in [0.05, 0.1) is 33.0 Å². The standard InChI is InChI=1S/C48H28N8O7/c57-41-23-38-42-34(11-6-12-35(42)48(60)55-40-14-4-3-13-39(40)49-47(38)55)43(41)52-50-27-15-17-32-33-18-16-28(22-37(33)46(59)36(32)21-27)51-53-44-31-10-2-1-7-25(31)19-26(45(44)58)24-63-54-29-8-5-9-30(20-29)56(61)62/h1-23,54,57-58H,24H2. The molecule has 0 aliphatic heterocycles. The molecule has 0 fully saturated rings. The summed E-state index contributed by atoms with van der Waals surface area (Å²) in [6.07, 6.45) is 0. The molecule has 0 spiro atoms. The molecule has 11 rings (SSSR count). The van der Waals surface area contributed by atoms with Gasteiger partial charge in [-0.1, -0.05) is 66.7 Å². The summed E-state index contributed by atoms with van der Waals surface area (Å²) in [5.74, 6) is -0.558. The number of anilines is 1. The van der Waals surface area contributed by atoms with Crippen molar-refractivity contribution >= 4 is 88.9 Å². The number of hydrogen-bond acceptors (Lipinski definition) is 13. The average molecular weight is 829 g/mol. The van der Waals surface area contributed by atoms with Crippen molar-refractivity contribution in [1.29, 1.82) is 0 Å². The number of carbonyl (C=O) groups excluding carboxylic acids is 1. The highest BCUT2D eigenvalue weighted by atomic mass is 16.6. The molecular weight excluding hydrogens is 801 g/mol. The molecule has 2 aromatic heterocycles. The van der Waals surface area contributed by atoms with Gasteiger partial charge in [0.2, 0.25) is 0 Å². The predicted octanol–water partition coefficient (Wildman–Crippen LogP) is 11.7. The molecule has 0 amide bonds. The molecular formula is C48H28N8O7. The van der Waals surface area contributed by atoms with E-state index < -0.39 is 4.92 Å². The number of aromatic hydroxyl groups is 2. The summed E-state index contributed by atoms with van der Waals surface area (Å²) in [5.41, 5.74) is 8.24. The second kappa shape index (κ2) is 14.4. The molecule has 63 heavy (non-hydrogen) atoms. The van der Waals surface area contributed by atoms with Crippen molar-refractivity contribution in [2.24, 2.45) is 20.5 Å². The van der Waals surface area contributed by atoms with Crippen LogP contribution in [0.3, 0.4) is 0 Å². The molecule has 10 aromatic rings. The van der Waals surface area contributed by atoms with Gasteiger partial charge < -0.3 is 10.2 Å². The number of hydrogen-bond donors (Lipinski definition) is 3. The predicted molar refractivity (Wildman–Crippen MR) is 238 cm³/mol. The summed E-state index contributed by atoms with van der Waals surface area (Å²) in [7, 11) is 0. The normalized spacial score (nSPS) is 12.5. The van der Waals surface area contributed by atoms with Crippen LogP contribution in [0.2, 0.25) is 0 Å². The molecule has 0 radical (unpaired) electrons. The van der Waals surface area contributed by atoms with Crippen LogP contribution < -0.4 is 11.0 Å². The number of carbonyl (C=O) groups is 1. The van der Waals surface area contributed by atoms with Crippen LogP contribution in [-0.4, -0.2) is 30.3 Å². The second-order valence-corrected chi connectivity index (χ2v) is 14.9. The monoisotopic (exact) mass is 828 g/mol. The van der Waals surface area contributed by atoms with Gasteiger partial charge in [-0.25, -0.2) is 4.98 Å². The van der Waals surface area contributed by atoms with Gasteiger partial charge in [-0.3, -0.25) is 34.4 Å². The van der Waals surface area contributed by atoms with Crippen molar-refractivity contribution in [2.45, 2.75) is 6.61 Å². The van der Waals surface area contributed by atoms with Gasteiger partial charge in [-0.15, -0.1) is 10.2 Å². The van der Waals surface area contributed by atoms with E-state index in [4.69, 9.17) is 9.82 Å². The summed E-state index contributed by atoms with van der Waals surface area (Å²) in [6, 6.07) is 39.4. The molecule has 2 heterocycles.